The van der Waals surface area contributed by atoms with Gasteiger partial charge in [-0.1, -0.05) is 0 Å². The highest BCUT2D eigenvalue weighted by atomic mass is 16.6. The third-order valence-electron chi connectivity index (χ3n) is 3.10. The summed E-state index contributed by atoms with van der Waals surface area (Å²) in [5, 5.41) is 10.1. The number of H-pyrrole nitrogens is 1. The molecule has 1 fully saturated rings. The summed E-state index contributed by atoms with van der Waals surface area (Å²) in [6.07, 6.45) is -1.58. The van der Waals surface area contributed by atoms with Crippen LogP contribution in [0.3, 0.4) is 0 Å². The molecule has 0 amide bonds. The fraction of sp³-hybridized carbons (Fsp3) is 0.667. The van der Waals surface area contributed by atoms with Gasteiger partial charge in [0, 0.05) is 20.2 Å². The van der Waals surface area contributed by atoms with E-state index in [1.807, 2.05) is 0 Å². The molecule has 0 aliphatic carbocycles. The van der Waals surface area contributed by atoms with Gasteiger partial charge in [-0.05, 0) is 19.9 Å². The summed E-state index contributed by atoms with van der Waals surface area (Å²) >= 11 is 0. The molecule has 1 aliphatic rings. The van der Waals surface area contributed by atoms with E-state index in [1.54, 1.807) is 0 Å². The Labute approximate surface area is 116 Å². The lowest BCUT2D eigenvalue weighted by Gasteiger charge is -2.22. The number of aliphatic hydroxyl groups is 1. The Morgan fingerprint density at radius 2 is 2.45 bits per heavy atom. The fourth-order valence-corrected chi connectivity index (χ4v) is 2.05. The predicted molar refractivity (Wildman–Crippen MR) is 70.3 cm³/mol. The SMILES string of the molecule is [2H]C[C@H]1O[C@@H](n2ccc(=O)[nH]c2=O)[C@H](OCCCN)[C@@H]1O. The molecule has 0 aromatic carbocycles. The van der Waals surface area contributed by atoms with Crippen LogP contribution in [0.4, 0.5) is 0 Å². The van der Waals surface area contributed by atoms with Crippen LogP contribution in [-0.4, -0.2) is 46.1 Å². The number of hydrogen-bond acceptors (Lipinski definition) is 6. The highest BCUT2D eigenvalue weighted by Crippen LogP contribution is 2.30. The normalized spacial score (nSPS) is 30.4. The zero-order valence-electron chi connectivity index (χ0n) is 11.9. The van der Waals surface area contributed by atoms with E-state index in [4.69, 9.17) is 16.6 Å². The fourth-order valence-electron chi connectivity index (χ4n) is 2.05. The van der Waals surface area contributed by atoms with Crippen molar-refractivity contribution in [3.05, 3.63) is 33.1 Å². The molecular formula is C12H19N3O5. The first-order chi connectivity index (χ1) is 10.1. The van der Waals surface area contributed by atoms with E-state index in [0.717, 1.165) is 4.57 Å². The summed E-state index contributed by atoms with van der Waals surface area (Å²) < 4.78 is 19.6. The van der Waals surface area contributed by atoms with Crippen molar-refractivity contribution in [2.24, 2.45) is 5.73 Å². The van der Waals surface area contributed by atoms with Crippen molar-refractivity contribution in [3.8, 4) is 0 Å². The van der Waals surface area contributed by atoms with Crippen LogP contribution in [0.25, 0.3) is 0 Å². The predicted octanol–water partition coefficient (Wildman–Crippen LogP) is -1.45. The highest BCUT2D eigenvalue weighted by Gasteiger charge is 2.43. The van der Waals surface area contributed by atoms with Crippen LogP contribution >= 0.6 is 0 Å². The third-order valence-corrected chi connectivity index (χ3v) is 3.10. The number of nitrogens with zero attached hydrogens (tertiary/aromatic N) is 1. The van der Waals surface area contributed by atoms with Gasteiger partial charge in [-0.25, -0.2) is 4.79 Å². The Morgan fingerprint density at radius 1 is 1.65 bits per heavy atom. The molecule has 20 heavy (non-hydrogen) atoms. The second-order valence-electron chi connectivity index (χ2n) is 4.55. The molecule has 0 unspecified atom stereocenters. The van der Waals surface area contributed by atoms with Gasteiger partial charge in [0.15, 0.2) is 6.23 Å². The molecule has 1 aromatic heterocycles. The maximum atomic E-state index is 11.8. The number of ether oxygens (including phenoxy) is 2. The van der Waals surface area contributed by atoms with Crippen molar-refractivity contribution >= 4 is 0 Å². The summed E-state index contributed by atoms with van der Waals surface area (Å²) in [4.78, 5) is 25.0. The molecule has 1 aromatic rings. The summed E-state index contributed by atoms with van der Waals surface area (Å²) in [5.41, 5.74) is 4.21. The molecule has 112 valence electrons. The van der Waals surface area contributed by atoms with Gasteiger partial charge in [-0.3, -0.25) is 14.3 Å². The molecule has 2 heterocycles. The molecule has 1 saturated heterocycles. The van der Waals surface area contributed by atoms with E-state index < -0.39 is 35.8 Å². The van der Waals surface area contributed by atoms with Crippen LogP contribution in [0, 0.1) is 0 Å². The average Bonchev–Trinajstić information content (AvgIpc) is 2.76. The largest absolute Gasteiger partial charge is 0.388 e. The van der Waals surface area contributed by atoms with Crippen molar-refractivity contribution < 1.29 is 16.0 Å². The molecule has 0 radical (unpaired) electrons. The molecule has 0 spiro atoms. The molecule has 8 nitrogen and oxygen atoms in total. The molecule has 2 rings (SSSR count). The Balaban J connectivity index is 2.25. The zero-order valence-corrected chi connectivity index (χ0v) is 10.9. The lowest BCUT2D eigenvalue weighted by molar-refractivity contribution is -0.0696. The minimum Gasteiger partial charge on any atom is -0.388 e. The van der Waals surface area contributed by atoms with Crippen LogP contribution < -0.4 is 17.0 Å². The second kappa shape index (κ2) is 6.31. The van der Waals surface area contributed by atoms with Gasteiger partial charge >= 0.3 is 5.69 Å². The molecule has 4 N–H and O–H groups in total. The van der Waals surface area contributed by atoms with Crippen molar-refractivity contribution in [1.29, 1.82) is 0 Å². The molecule has 1 aliphatic heterocycles. The lowest BCUT2D eigenvalue weighted by Crippen LogP contribution is -2.39. The van der Waals surface area contributed by atoms with E-state index in [2.05, 4.69) is 4.98 Å². The highest BCUT2D eigenvalue weighted by molar-refractivity contribution is 4.92. The Morgan fingerprint density at radius 3 is 3.10 bits per heavy atom. The van der Waals surface area contributed by atoms with Gasteiger partial charge in [0.1, 0.15) is 12.2 Å². The Kier molecular flexibility index (Phi) is 4.26. The molecule has 4 atom stereocenters. The van der Waals surface area contributed by atoms with Gasteiger partial charge in [0.05, 0.1) is 6.10 Å². The van der Waals surface area contributed by atoms with Crippen LogP contribution in [0.2, 0.25) is 0 Å². The first-order valence-corrected chi connectivity index (χ1v) is 6.34. The zero-order chi connectivity index (χ0) is 15.4. The van der Waals surface area contributed by atoms with Gasteiger partial charge < -0.3 is 20.3 Å². The van der Waals surface area contributed by atoms with Crippen LogP contribution in [-0.2, 0) is 9.47 Å². The molecule has 0 saturated carbocycles. The first-order valence-electron chi connectivity index (χ1n) is 7.05. The van der Waals surface area contributed by atoms with Crippen molar-refractivity contribution in [3.63, 3.8) is 0 Å². The third kappa shape index (κ3) is 2.98. The summed E-state index contributed by atoms with van der Waals surface area (Å²) in [6.45, 7) is 0.586. The minimum atomic E-state index is -1.02. The summed E-state index contributed by atoms with van der Waals surface area (Å²) in [5.74, 6) is 0. The van der Waals surface area contributed by atoms with Gasteiger partial charge in [-0.2, -0.15) is 0 Å². The maximum absolute atomic E-state index is 11.8. The van der Waals surface area contributed by atoms with Gasteiger partial charge in [0.2, 0.25) is 0 Å². The quantitative estimate of drug-likeness (QED) is 0.570. The standard InChI is InChI=1S/C12H19N3O5/c1-7-9(17)10(19-6-2-4-13)11(20-7)15-5-3-8(16)14-12(15)18/h3,5,7,9-11,17H,2,4,6,13H2,1H3,(H,14,16,18)/t7-,9-,10-,11-/m1/s1/i1D. The monoisotopic (exact) mass is 286 g/mol. The maximum Gasteiger partial charge on any atom is 0.330 e. The Bertz CT molecular complexity index is 575. The number of aromatic amines is 1. The minimum absolute atomic E-state index is 0.160. The molecule has 0 bridgehead atoms. The van der Waals surface area contributed by atoms with Crippen LogP contribution in [0.1, 0.15) is 20.9 Å². The number of aromatic nitrogens is 2. The Hall–Kier alpha value is -1.48. The summed E-state index contributed by atoms with van der Waals surface area (Å²) in [6, 6.07) is 1.18. The van der Waals surface area contributed by atoms with E-state index >= 15 is 0 Å². The number of aliphatic hydroxyl groups excluding tert-OH is 1. The van der Waals surface area contributed by atoms with E-state index in [1.165, 1.54) is 12.3 Å². The van der Waals surface area contributed by atoms with E-state index in [-0.39, 0.29) is 6.90 Å². The number of hydrogen-bond donors (Lipinski definition) is 3. The molecular weight excluding hydrogens is 266 g/mol. The van der Waals surface area contributed by atoms with Crippen molar-refractivity contribution in [1.82, 2.24) is 9.55 Å². The van der Waals surface area contributed by atoms with Crippen LogP contribution in [0.5, 0.6) is 0 Å². The smallest absolute Gasteiger partial charge is 0.330 e. The first kappa shape index (κ1) is 13.5. The van der Waals surface area contributed by atoms with E-state index in [0.29, 0.717) is 19.6 Å². The molecule has 8 heteroatoms. The van der Waals surface area contributed by atoms with Crippen molar-refractivity contribution in [2.45, 2.75) is 37.9 Å². The second-order valence-corrected chi connectivity index (χ2v) is 4.55. The topological polar surface area (TPSA) is 120 Å². The summed E-state index contributed by atoms with van der Waals surface area (Å²) in [7, 11) is 0. The average molecular weight is 286 g/mol. The number of nitrogens with two attached hydrogens (primary N) is 1. The lowest BCUT2D eigenvalue weighted by atomic mass is 10.1. The van der Waals surface area contributed by atoms with Crippen LogP contribution in [0.15, 0.2) is 21.9 Å². The number of rotatable bonds is 5. The van der Waals surface area contributed by atoms with E-state index in [9.17, 15) is 14.7 Å². The number of nitrogens with one attached hydrogen (secondary N) is 1. The van der Waals surface area contributed by atoms with Gasteiger partial charge in [-0.15, -0.1) is 0 Å². The van der Waals surface area contributed by atoms with Gasteiger partial charge in [0.25, 0.3) is 5.56 Å². The van der Waals surface area contributed by atoms with Crippen molar-refractivity contribution in [2.75, 3.05) is 13.2 Å².